The van der Waals surface area contributed by atoms with Crippen molar-refractivity contribution in [3.8, 4) is 0 Å². The predicted molar refractivity (Wildman–Crippen MR) is 81.7 cm³/mol. The van der Waals surface area contributed by atoms with Crippen molar-refractivity contribution in [3.05, 3.63) is 28.5 Å². The van der Waals surface area contributed by atoms with Gasteiger partial charge in [-0.2, -0.15) is 0 Å². The minimum Gasteiger partial charge on any atom is -0.349 e. The summed E-state index contributed by atoms with van der Waals surface area (Å²) in [6.45, 7) is 1.49. The van der Waals surface area contributed by atoms with Gasteiger partial charge in [-0.1, -0.05) is 0 Å². The van der Waals surface area contributed by atoms with E-state index in [1.165, 1.54) is 0 Å². The lowest BCUT2D eigenvalue weighted by Crippen LogP contribution is -2.47. The number of pyridine rings is 1. The van der Waals surface area contributed by atoms with Crippen molar-refractivity contribution in [2.45, 2.75) is 31.7 Å². The molecule has 2 fully saturated rings. The van der Waals surface area contributed by atoms with Crippen LogP contribution >= 0.6 is 15.9 Å². The molecule has 112 valence electrons. The Morgan fingerprint density at radius 2 is 1.95 bits per heavy atom. The SMILES string of the molecule is O=C(NC1CCN(C(=O)C2CC2)CC1)c1cccnc1Br. The van der Waals surface area contributed by atoms with Gasteiger partial charge in [-0.25, -0.2) is 4.98 Å². The second-order valence-corrected chi connectivity index (χ2v) is 6.44. The Morgan fingerprint density at radius 1 is 1.24 bits per heavy atom. The van der Waals surface area contributed by atoms with Crippen molar-refractivity contribution in [2.75, 3.05) is 13.1 Å². The third-order valence-corrected chi connectivity index (χ3v) is 4.70. The van der Waals surface area contributed by atoms with Gasteiger partial charge in [0.2, 0.25) is 5.91 Å². The lowest BCUT2D eigenvalue weighted by atomic mass is 10.0. The van der Waals surface area contributed by atoms with E-state index in [0.29, 0.717) is 16.1 Å². The molecule has 0 spiro atoms. The first-order valence-electron chi connectivity index (χ1n) is 7.35. The van der Waals surface area contributed by atoms with Gasteiger partial charge in [-0.3, -0.25) is 9.59 Å². The number of amides is 2. The fourth-order valence-corrected chi connectivity index (χ4v) is 3.08. The van der Waals surface area contributed by atoms with Crippen LogP contribution in [0.3, 0.4) is 0 Å². The molecule has 1 saturated carbocycles. The molecule has 1 aliphatic carbocycles. The van der Waals surface area contributed by atoms with E-state index in [9.17, 15) is 9.59 Å². The van der Waals surface area contributed by atoms with Gasteiger partial charge >= 0.3 is 0 Å². The predicted octanol–water partition coefficient (Wildman–Crippen LogP) is 1.97. The molecule has 0 atom stereocenters. The number of nitrogens with zero attached hydrogens (tertiary/aromatic N) is 2. The minimum atomic E-state index is -0.109. The van der Waals surface area contributed by atoms with Gasteiger partial charge in [0.1, 0.15) is 4.60 Å². The Bertz CT molecular complexity index is 552. The zero-order valence-electron chi connectivity index (χ0n) is 11.7. The van der Waals surface area contributed by atoms with E-state index in [4.69, 9.17) is 0 Å². The fraction of sp³-hybridized carbons (Fsp3) is 0.533. The largest absolute Gasteiger partial charge is 0.349 e. The molecule has 1 saturated heterocycles. The monoisotopic (exact) mass is 351 g/mol. The van der Waals surface area contributed by atoms with Crippen LogP contribution in [-0.2, 0) is 4.79 Å². The fourth-order valence-electron chi connectivity index (χ4n) is 2.65. The van der Waals surface area contributed by atoms with Crippen molar-refractivity contribution in [2.24, 2.45) is 5.92 Å². The van der Waals surface area contributed by atoms with E-state index in [1.54, 1.807) is 18.3 Å². The van der Waals surface area contributed by atoms with Crippen LogP contribution < -0.4 is 5.32 Å². The Hall–Kier alpha value is -1.43. The number of halogens is 1. The zero-order chi connectivity index (χ0) is 14.8. The van der Waals surface area contributed by atoms with Gasteiger partial charge in [0.25, 0.3) is 5.91 Å². The second kappa shape index (κ2) is 6.13. The Kier molecular flexibility index (Phi) is 4.24. The minimum absolute atomic E-state index is 0.109. The van der Waals surface area contributed by atoms with Crippen molar-refractivity contribution in [1.82, 2.24) is 15.2 Å². The molecular weight excluding hydrogens is 334 g/mol. The van der Waals surface area contributed by atoms with E-state index in [0.717, 1.165) is 38.8 Å². The van der Waals surface area contributed by atoms with E-state index in [2.05, 4.69) is 26.2 Å². The molecular formula is C15H18BrN3O2. The highest BCUT2D eigenvalue weighted by Gasteiger charge is 2.35. The van der Waals surface area contributed by atoms with Gasteiger partial charge in [-0.15, -0.1) is 0 Å². The maximum absolute atomic E-state index is 12.2. The third-order valence-electron chi connectivity index (χ3n) is 4.07. The summed E-state index contributed by atoms with van der Waals surface area (Å²) in [5.41, 5.74) is 0.550. The molecule has 2 amide bonds. The first kappa shape index (κ1) is 14.5. The maximum Gasteiger partial charge on any atom is 0.254 e. The Morgan fingerprint density at radius 3 is 2.57 bits per heavy atom. The number of rotatable bonds is 3. The number of likely N-dealkylation sites (tertiary alicyclic amines) is 1. The summed E-state index contributed by atoms with van der Waals surface area (Å²) in [6, 6.07) is 3.63. The molecule has 1 aromatic heterocycles. The summed E-state index contributed by atoms with van der Waals surface area (Å²) in [4.78, 5) is 30.2. The van der Waals surface area contributed by atoms with Crippen molar-refractivity contribution in [1.29, 1.82) is 0 Å². The van der Waals surface area contributed by atoms with Crippen LogP contribution in [0.1, 0.15) is 36.0 Å². The smallest absolute Gasteiger partial charge is 0.254 e. The average molecular weight is 352 g/mol. The molecule has 1 aromatic rings. The highest BCUT2D eigenvalue weighted by Crippen LogP contribution is 2.31. The summed E-state index contributed by atoms with van der Waals surface area (Å²) in [7, 11) is 0. The molecule has 6 heteroatoms. The lowest BCUT2D eigenvalue weighted by molar-refractivity contribution is -0.133. The summed E-state index contributed by atoms with van der Waals surface area (Å²) in [6.07, 6.45) is 5.38. The highest BCUT2D eigenvalue weighted by atomic mass is 79.9. The van der Waals surface area contributed by atoms with Gasteiger partial charge in [0.15, 0.2) is 0 Å². The number of carbonyl (C=O) groups is 2. The Balaban J connectivity index is 1.52. The quantitative estimate of drug-likeness (QED) is 0.847. The molecule has 0 radical (unpaired) electrons. The Labute approximate surface area is 132 Å². The normalized spacial score (nSPS) is 19.4. The van der Waals surface area contributed by atoms with Crippen LogP contribution in [0, 0.1) is 5.92 Å². The van der Waals surface area contributed by atoms with E-state index >= 15 is 0 Å². The van der Waals surface area contributed by atoms with Gasteiger partial charge in [0.05, 0.1) is 5.56 Å². The molecule has 2 heterocycles. The van der Waals surface area contributed by atoms with Crippen LogP contribution in [-0.4, -0.2) is 40.8 Å². The topological polar surface area (TPSA) is 62.3 Å². The average Bonchev–Trinajstić information content (AvgIpc) is 3.32. The van der Waals surface area contributed by atoms with Gasteiger partial charge in [-0.05, 0) is 53.7 Å². The van der Waals surface area contributed by atoms with Crippen LogP contribution in [0.2, 0.25) is 0 Å². The number of hydrogen-bond acceptors (Lipinski definition) is 3. The molecule has 21 heavy (non-hydrogen) atoms. The third kappa shape index (κ3) is 3.43. The summed E-state index contributed by atoms with van der Waals surface area (Å²) in [5, 5.41) is 3.03. The number of hydrogen-bond donors (Lipinski definition) is 1. The first-order chi connectivity index (χ1) is 10.1. The first-order valence-corrected chi connectivity index (χ1v) is 8.14. The van der Waals surface area contributed by atoms with E-state index < -0.39 is 0 Å². The number of carbonyl (C=O) groups excluding carboxylic acids is 2. The highest BCUT2D eigenvalue weighted by molar-refractivity contribution is 9.10. The lowest BCUT2D eigenvalue weighted by Gasteiger charge is -2.32. The van der Waals surface area contributed by atoms with E-state index in [-0.39, 0.29) is 17.9 Å². The second-order valence-electron chi connectivity index (χ2n) is 5.69. The van der Waals surface area contributed by atoms with Crippen LogP contribution in [0.15, 0.2) is 22.9 Å². The maximum atomic E-state index is 12.2. The van der Waals surface area contributed by atoms with E-state index in [1.807, 2.05) is 4.90 Å². The molecule has 3 rings (SSSR count). The molecule has 1 aliphatic heterocycles. The van der Waals surface area contributed by atoms with Crippen LogP contribution in [0.25, 0.3) is 0 Å². The molecule has 0 aromatic carbocycles. The van der Waals surface area contributed by atoms with Gasteiger partial charge in [0, 0.05) is 31.2 Å². The molecule has 2 aliphatic rings. The van der Waals surface area contributed by atoms with Crippen molar-refractivity contribution in [3.63, 3.8) is 0 Å². The van der Waals surface area contributed by atoms with Crippen LogP contribution in [0.4, 0.5) is 0 Å². The molecule has 0 unspecified atom stereocenters. The molecule has 5 nitrogen and oxygen atoms in total. The van der Waals surface area contributed by atoms with Crippen molar-refractivity contribution >= 4 is 27.7 Å². The summed E-state index contributed by atoms with van der Waals surface area (Å²) >= 11 is 3.29. The summed E-state index contributed by atoms with van der Waals surface area (Å²) < 4.78 is 0.559. The van der Waals surface area contributed by atoms with Crippen molar-refractivity contribution < 1.29 is 9.59 Å². The summed E-state index contributed by atoms with van der Waals surface area (Å²) in [5.74, 6) is 0.471. The number of aromatic nitrogens is 1. The van der Waals surface area contributed by atoms with Gasteiger partial charge < -0.3 is 10.2 Å². The standard InChI is InChI=1S/C15H18BrN3O2/c16-13-12(2-1-7-17-13)14(20)18-11-5-8-19(9-6-11)15(21)10-3-4-10/h1-2,7,10-11H,3-6,8-9H2,(H,18,20). The van der Waals surface area contributed by atoms with Crippen LogP contribution in [0.5, 0.6) is 0 Å². The molecule has 1 N–H and O–H groups in total. The number of nitrogens with one attached hydrogen (secondary N) is 1. The molecule has 0 bridgehead atoms. The zero-order valence-corrected chi connectivity index (χ0v) is 13.3. The number of piperidine rings is 1.